The highest BCUT2D eigenvalue weighted by Crippen LogP contribution is 2.29. The predicted octanol–water partition coefficient (Wildman–Crippen LogP) is 1.36. The lowest BCUT2D eigenvalue weighted by Crippen LogP contribution is -2.33. The molecule has 0 aliphatic carbocycles. The summed E-state index contributed by atoms with van der Waals surface area (Å²) in [6.07, 6.45) is -1.20. The molecule has 1 atom stereocenters. The van der Waals surface area contributed by atoms with E-state index in [2.05, 4.69) is 10.1 Å². The van der Waals surface area contributed by atoms with Gasteiger partial charge in [-0.15, -0.1) is 0 Å². The molecule has 120 valence electrons. The second-order valence-corrected chi connectivity index (χ2v) is 4.06. The fourth-order valence-electron chi connectivity index (χ4n) is 1.39. The molecule has 0 spiro atoms. The van der Waals surface area contributed by atoms with Crippen LogP contribution in [0.25, 0.3) is 0 Å². The Hall–Kier alpha value is -1.45. The Kier molecular flexibility index (Phi) is 6.79. The van der Waals surface area contributed by atoms with Crippen molar-refractivity contribution in [2.75, 3.05) is 33.4 Å². The van der Waals surface area contributed by atoms with Crippen molar-refractivity contribution in [2.45, 2.75) is 6.10 Å². The van der Waals surface area contributed by atoms with Gasteiger partial charge >= 0.3 is 0 Å². The molecule has 1 unspecified atom stereocenters. The van der Waals surface area contributed by atoms with Gasteiger partial charge in [0.25, 0.3) is 0 Å². The Bertz CT molecular complexity index is 457. The van der Waals surface area contributed by atoms with Gasteiger partial charge in [0.2, 0.25) is 29.1 Å². The quantitative estimate of drug-likeness (QED) is 0.329. The van der Waals surface area contributed by atoms with Crippen LogP contribution in [0.4, 0.5) is 22.0 Å². The van der Waals surface area contributed by atoms with Crippen LogP contribution < -0.4 is 10.1 Å². The Balaban J connectivity index is 2.63. The average molecular weight is 315 g/mol. The first-order chi connectivity index (χ1) is 9.90. The number of methoxy groups -OCH3 is 1. The van der Waals surface area contributed by atoms with E-state index < -0.39 is 47.5 Å². The highest BCUT2D eigenvalue weighted by Gasteiger charge is 2.27. The second-order valence-electron chi connectivity index (χ2n) is 4.06. The summed E-state index contributed by atoms with van der Waals surface area (Å²) in [5.74, 6) is -12.0. The molecule has 0 aliphatic heterocycles. The van der Waals surface area contributed by atoms with Gasteiger partial charge in [0.1, 0.15) is 12.7 Å². The van der Waals surface area contributed by atoms with Gasteiger partial charge in [-0.25, -0.2) is 13.2 Å². The first-order valence-electron chi connectivity index (χ1n) is 5.92. The lowest BCUT2D eigenvalue weighted by molar-refractivity contribution is 0.0973. The van der Waals surface area contributed by atoms with Gasteiger partial charge in [-0.3, -0.25) is 0 Å². The minimum atomic E-state index is -2.26. The molecule has 0 aromatic heterocycles. The molecule has 1 aromatic rings. The van der Waals surface area contributed by atoms with Crippen LogP contribution in [0, 0.1) is 29.1 Å². The molecule has 0 amide bonds. The van der Waals surface area contributed by atoms with Gasteiger partial charge < -0.3 is 19.9 Å². The molecule has 4 nitrogen and oxygen atoms in total. The van der Waals surface area contributed by atoms with Gasteiger partial charge in [0.15, 0.2) is 5.75 Å². The lowest BCUT2D eigenvalue weighted by atomic mass is 10.2. The fourth-order valence-corrected chi connectivity index (χ4v) is 1.39. The first-order valence-corrected chi connectivity index (χ1v) is 5.92. The van der Waals surface area contributed by atoms with E-state index in [1.54, 1.807) is 0 Å². The Morgan fingerprint density at radius 3 is 2.05 bits per heavy atom. The van der Waals surface area contributed by atoms with Crippen molar-refractivity contribution < 1.29 is 36.5 Å². The number of benzene rings is 1. The Labute approximate surface area is 117 Å². The molecule has 0 radical (unpaired) electrons. The summed E-state index contributed by atoms with van der Waals surface area (Å²) in [5.41, 5.74) is 0. The molecule has 0 fully saturated rings. The van der Waals surface area contributed by atoms with Crippen LogP contribution in [0.1, 0.15) is 0 Å². The predicted molar refractivity (Wildman–Crippen MR) is 62.5 cm³/mol. The van der Waals surface area contributed by atoms with E-state index in [0.29, 0.717) is 13.2 Å². The van der Waals surface area contributed by atoms with Crippen molar-refractivity contribution in [1.29, 1.82) is 0 Å². The highest BCUT2D eigenvalue weighted by molar-refractivity contribution is 5.29. The third kappa shape index (κ3) is 4.51. The summed E-state index contributed by atoms with van der Waals surface area (Å²) < 4.78 is 74.3. The van der Waals surface area contributed by atoms with Crippen LogP contribution in [0.5, 0.6) is 5.75 Å². The number of hydrogen-bond donors (Lipinski definition) is 2. The summed E-state index contributed by atoms with van der Waals surface area (Å²) in [6.45, 7) is 0.151. The number of halogens is 5. The van der Waals surface area contributed by atoms with Gasteiger partial charge in [-0.05, 0) is 0 Å². The van der Waals surface area contributed by atoms with E-state index in [9.17, 15) is 27.1 Å². The largest absolute Gasteiger partial charge is 0.485 e. The SMILES string of the molecule is COCCNCC(O)COc1c(F)c(F)c(F)c(F)c1F. The number of aliphatic hydroxyl groups is 1. The summed E-state index contributed by atoms with van der Waals surface area (Å²) in [4.78, 5) is 0. The summed E-state index contributed by atoms with van der Waals surface area (Å²) in [5, 5.41) is 12.2. The average Bonchev–Trinajstić information content (AvgIpc) is 2.47. The summed E-state index contributed by atoms with van der Waals surface area (Å²) >= 11 is 0. The number of aliphatic hydroxyl groups excluding tert-OH is 1. The molecule has 1 rings (SSSR count). The van der Waals surface area contributed by atoms with Crippen molar-refractivity contribution in [3.8, 4) is 5.75 Å². The lowest BCUT2D eigenvalue weighted by Gasteiger charge is -2.14. The van der Waals surface area contributed by atoms with Crippen molar-refractivity contribution >= 4 is 0 Å². The maximum atomic E-state index is 13.2. The van der Waals surface area contributed by atoms with E-state index in [1.165, 1.54) is 7.11 Å². The maximum Gasteiger partial charge on any atom is 0.206 e. The third-order valence-corrected chi connectivity index (χ3v) is 2.45. The van der Waals surface area contributed by atoms with Crippen molar-refractivity contribution in [2.24, 2.45) is 0 Å². The van der Waals surface area contributed by atoms with Crippen LogP contribution in [0.3, 0.4) is 0 Å². The minimum Gasteiger partial charge on any atom is -0.485 e. The zero-order valence-corrected chi connectivity index (χ0v) is 11.1. The van der Waals surface area contributed by atoms with E-state index >= 15 is 0 Å². The molecular weight excluding hydrogens is 301 g/mol. The van der Waals surface area contributed by atoms with Crippen molar-refractivity contribution in [3.63, 3.8) is 0 Å². The summed E-state index contributed by atoms with van der Waals surface area (Å²) in [6, 6.07) is 0. The zero-order chi connectivity index (χ0) is 16.0. The van der Waals surface area contributed by atoms with Gasteiger partial charge in [-0.1, -0.05) is 0 Å². The standard InChI is InChI=1S/C12H14F5NO3/c1-20-3-2-18-4-6(19)5-21-12-10(16)8(14)7(13)9(15)11(12)17/h6,18-19H,2-5H2,1H3. The fraction of sp³-hybridized carbons (Fsp3) is 0.500. The van der Waals surface area contributed by atoms with Crippen LogP contribution in [0.15, 0.2) is 0 Å². The van der Waals surface area contributed by atoms with Crippen molar-refractivity contribution in [3.05, 3.63) is 29.1 Å². The second kappa shape index (κ2) is 8.11. The number of rotatable bonds is 8. The number of ether oxygens (including phenoxy) is 2. The molecule has 9 heteroatoms. The molecule has 0 bridgehead atoms. The zero-order valence-electron chi connectivity index (χ0n) is 11.1. The number of hydrogen-bond acceptors (Lipinski definition) is 4. The van der Waals surface area contributed by atoms with Crippen LogP contribution >= 0.6 is 0 Å². The van der Waals surface area contributed by atoms with Gasteiger partial charge in [0.05, 0.1) is 6.61 Å². The van der Waals surface area contributed by atoms with Gasteiger partial charge in [-0.2, -0.15) is 8.78 Å². The molecule has 0 heterocycles. The van der Waals surface area contributed by atoms with E-state index in [-0.39, 0.29) is 6.54 Å². The maximum absolute atomic E-state index is 13.2. The van der Waals surface area contributed by atoms with Crippen molar-refractivity contribution in [1.82, 2.24) is 5.32 Å². The molecule has 1 aromatic carbocycles. The molecule has 2 N–H and O–H groups in total. The normalized spacial score (nSPS) is 12.5. The molecule has 0 saturated carbocycles. The van der Waals surface area contributed by atoms with Gasteiger partial charge in [0, 0.05) is 20.2 Å². The molecule has 0 aliphatic rings. The Morgan fingerprint density at radius 1 is 1.00 bits per heavy atom. The Morgan fingerprint density at radius 2 is 1.52 bits per heavy atom. The topological polar surface area (TPSA) is 50.7 Å². The molecule has 0 saturated heterocycles. The third-order valence-electron chi connectivity index (χ3n) is 2.45. The van der Waals surface area contributed by atoms with E-state index in [4.69, 9.17) is 4.74 Å². The van der Waals surface area contributed by atoms with Crippen LogP contribution in [-0.4, -0.2) is 44.6 Å². The van der Waals surface area contributed by atoms with Crippen LogP contribution in [0.2, 0.25) is 0 Å². The van der Waals surface area contributed by atoms with E-state index in [0.717, 1.165) is 0 Å². The smallest absolute Gasteiger partial charge is 0.206 e. The number of nitrogens with one attached hydrogen (secondary N) is 1. The highest BCUT2D eigenvalue weighted by atomic mass is 19.2. The summed E-state index contributed by atoms with van der Waals surface area (Å²) in [7, 11) is 1.48. The minimum absolute atomic E-state index is 0.00123. The molecular formula is C12H14F5NO3. The molecule has 21 heavy (non-hydrogen) atoms. The van der Waals surface area contributed by atoms with Crippen LogP contribution in [-0.2, 0) is 4.74 Å². The van der Waals surface area contributed by atoms with E-state index in [1.807, 2.05) is 0 Å². The monoisotopic (exact) mass is 315 g/mol. The first kappa shape index (κ1) is 17.6.